The van der Waals surface area contributed by atoms with Gasteiger partial charge in [-0.25, -0.2) is 13.1 Å². The number of methoxy groups -OCH3 is 1. The molecule has 1 aromatic carbocycles. The molecular formula is C14H22N2O4S. The van der Waals surface area contributed by atoms with E-state index in [0.29, 0.717) is 18.7 Å². The Kier molecular flexibility index (Phi) is 6.80. The maximum atomic E-state index is 12.1. The van der Waals surface area contributed by atoms with E-state index in [-0.39, 0.29) is 17.3 Å². The quantitative estimate of drug-likeness (QED) is 0.712. The summed E-state index contributed by atoms with van der Waals surface area (Å²) in [7, 11) is -0.263. The van der Waals surface area contributed by atoms with Crippen molar-refractivity contribution < 1.29 is 17.9 Å². The van der Waals surface area contributed by atoms with Crippen molar-refractivity contribution in [1.82, 2.24) is 9.62 Å². The minimum atomic E-state index is -3.51. The standard InChI is InChI=1S/C14H22N2O4S/c1-4-16(2)10-9-15-21(18,19)13-7-5-12(6-8-13)11-14(17)20-3/h5-8,15H,4,9-11H2,1-3H3. The summed E-state index contributed by atoms with van der Waals surface area (Å²) in [4.78, 5) is 13.3. The van der Waals surface area contributed by atoms with Crippen LogP contribution in [0.5, 0.6) is 0 Å². The lowest BCUT2D eigenvalue weighted by molar-refractivity contribution is -0.139. The fraction of sp³-hybridized carbons (Fsp3) is 0.500. The molecule has 0 fully saturated rings. The highest BCUT2D eigenvalue weighted by molar-refractivity contribution is 7.89. The van der Waals surface area contributed by atoms with Crippen LogP contribution in [0, 0.1) is 0 Å². The molecule has 0 saturated carbocycles. The molecule has 118 valence electrons. The minimum Gasteiger partial charge on any atom is -0.469 e. The van der Waals surface area contributed by atoms with Gasteiger partial charge in [-0.15, -0.1) is 0 Å². The number of hydrogen-bond acceptors (Lipinski definition) is 5. The van der Waals surface area contributed by atoms with Gasteiger partial charge in [0.15, 0.2) is 0 Å². The lowest BCUT2D eigenvalue weighted by Gasteiger charge is -2.14. The number of esters is 1. The Hall–Kier alpha value is -1.44. The maximum absolute atomic E-state index is 12.1. The van der Waals surface area contributed by atoms with E-state index in [1.807, 2.05) is 18.9 Å². The molecule has 7 heteroatoms. The van der Waals surface area contributed by atoms with Crippen molar-refractivity contribution in [2.75, 3.05) is 33.8 Å². The number of benzene rings is 1. The lowest BCUT2D eigenvalue weighted by Crippen LogP contribution is -2.32. The summed E-state index contributed by atoms with van der Waals surface area (Å²) in [6.45, 7) is 3.88. The van der Waals surface area contributed by atoms with E-state index in [9.17, 15) is 13.2 Å². The summed E-state index contributed by atoms with van der Waals surface area (Å²) in [5, 5.41) is 0. The molecule has 0 amide bonds. The second-order valence-corrected chi connectivity index (χ2v) is 6.46. The molecule has 0 spiro atoms. The molecule has 0 bridgehead atoms. The van der Waals surface area contributed by atoms with Crippen molar-refractivity contribution >= 4 is 16.0 Å². The number of carbonyl (C=O) groups is 1. The molecule has 0 saturated heterocycles. The van der Waals surface area contributed by atoms with Crippen LogP contribution in [-0.2, 0) is 26.0 Å². The van der Waals surface area contributed by atoms with Gasteiger partial charge in [-0.05, 0) is 31.3 Å². The number of likely N-dealkylation sites (N-methyl/N-ethyl adjacent to an activating group) is 1. The number of hydrogen-bond donors (Lipinski definition) is 1. The van der Waals surface area contributed by atoms with E-state index in [4.69, 9.17) is 0 Å². The molecule has 0 atom stereocenters. The summed E-state index contributed by atoms with van der Waals surface area (Å²) in [6, 6.07) is 6.21. The summed E-state index contributed by atoms with van der Waals surface area (Å²) in [5.74, 6) is -0.355. The molecular weight excluding hydrogens is 292 g/mol. The van der Waals surface area contributed by atoms with Gasteiger partial charge in [0.2, 0.25) is 10.0 Å². The Bertz CT molecular complexity index is 555. The number of rotatable bonds is 8. The molecule has 1 aromatic rings. The smallest absolute Gasteiger partial charge is 0.309 e. The van der Waals surface area contributed by atoms with Crippen molar-refractivity contribution in [1.29, 1.82) is 0 Å². The van der Waals surface area contributed by atoms with Crippen LogP contribution in [0.25, 0.3) is 0 Å². The molecule has 0 aliphatic rings. The Balaban J connectivity index is 2.65. The van der Waals surface area contributed by atoms with Crippen LogP contribution in [-0.4, -0.2) is 53.1 Å². The first-order valence-electron chi connectivity index (χ1n) is 6.73. The van der Waals surface area contributed by atoms with Gasteiger partial charge in [-0.3, -0.25) is 4.79 Å². The van der Waals surface area contributed by atoms with Crippen LogP contribution < -0.4 is 4.72 Å². The van der Waals surface area contributed by atoms with Crippen molar-refractivity contribution in [3.8, 4) is 0 Å². The second-order valence-electron chi connectivity index (χ2n) is 4.69. The molecule has 6 nitrogen and oxygen atoms in total. The van der Waals surface area contributed by atoms with Gasteiger partial charge in [0.1, 0.15) is 0 Å². The zero-order valence-electron chi connectivity index (χ0n) is 12.6. The number of ether oxygens (including phenoxy) is 1. The Labute approximate surface area is 126 Å². The number of carbonyl (C=O) groups excluding carboxylic acids is 1. The third kappa shape index (κ3) is 5.82. The molecule has 0 heterocycles. The highest BCUT2D eigenvalue weighted by Gasteiger charge is 2.13. The molecule has 1 N–H and O–H groups in total. The van der Waals surface area contributed by atoms with Gasteiger partial charge in [-0.1, -0.05) is 19.1 Å². The zero-order chi connectivity index (χ0) is 15.9. The summed E-state index contributed by atoms with van der Waals surface area (Å²) < 4.78 is 31.3. The van der Waals surface area contributed by atoms with E-state index >= 15 is 0 Å². The molecule has 1 rings (SSSR count). The first-order valence-corrected chi connectivity index (χ1v) is 8.21. The summed E-state index contributed by atoms with van der Waals surface area (Å²) >= 11 is 0. The van der Waals surface area contributed by atoms with Gasteiger partial charge in [0.05, 0.1) is 18.4 Å². The molecule has 0 unspecified atom stereocenters. The zero-order valence-corrected chi connectivity index (χ0v) is 13.4. The number of sulfonamides is 1. The lowest BCUT2D eigenvalue weighted by atomic mass is 10.2. The minimum absolute atomic E-state index is 0.131. The van der Waals surface area contributed by atoms with Crippen LogP contribution in [0.2, 0.25) is 0 Å². The normalized spacial score (nSPS) is 11.6. The summed E-state index contributed by atoms with van der Waals surface area (Å²) in [6.07, 6.45) is 0.131. The largest absolute Gasteiger partial charge is 0.469 e. The van der Waals surface area contributed by atoms with Gasteiger partial charge in [0, 0.05) is 13.1 Å². The van der Waals surface area contributed by atoms with Crippen molar-refractivity contribution in [2.45, 2.75) is 18.2 Å². The Morgan fingerprint density at radius 3 is 2.43 bits per heavy atom. The van der Waals surface area contributed by atoms with Crippen molar-refractivity contribution in [3.05, 3.63) is 29.8 Å². The van der Waals surface area contributed by atoms with Crippen LogP contribution >= 0.6 is 0 Å². The van der Waals surface area contributed by atoms with E-state index in [1.54, 1.807) is 12.1 Å². The third-order valence-corrected chi connectivity index (χ3v) is 4.61. The molecule has 0 radical (unpaired) electrons. The van der Waals surface area contributed by atoms with E-state index in [2.05, 4.69) is 9.46 Å². The summed E-state index contributed by atoms with van der Waals surface area (Å²) in [5.41, 5.74) is 0.714. The van der Waals surface area contributed by atoms with Gasteiger partial charge >= 0.3 is 5.97 Å². The van der Waals surface area contributed by atoms with Crippen LogP contribution in [0.15, 0.2) is 29.2 Å². The predicted molar refractivity (Wildman–Crippen MR) is 80.5 cm³/mol. The van der Waals surface area contributed by atoms with Crippen LogP contribution in [0.3, 0.4) is 0 Å². The van der Waals surface area contributed by atoms with Crippen LogP contribution in [0.1, 0.15) is 12.5 Å². The molecule has 0 aliphatic heterocycles. The van der Waals surface area contributed by atoms with Gasteiger partial charge in [-0.2, -0.15) is 0 Å². The maximum Gasteiger partial charge on any atom is 0.309 e. The first-order chi connectivity index (χ1) is 9.89. The highest BCUT2D eigenvalue weighted by Crippen LogP contribution is 2.11. The Morgan fingerprint density at radius 2 is 1.90 bits per heavy atom. The van der Waals surface area contributed by atoms with E-state index < -0.39 is 10.0 Å². The van der Waals surface area contributed by atoms with Gasteiger partial charge < -0.3 is 9.64 Å². The van der Waals surface area contributed by atoms with E-state index in [0.717, 1.165) is 6.54 Å². The third-order valence-electron chi connectivity index (χ3n) is 3.14. The molecule has 0 aliphatic carbocycles. The van der Waals surface area contributed by atoms with Crippen molar-refractivity contribution in [2.24, 2.45) is 0 Å². The monoisotopic (exact) mass is 314 g/mol. The number of nitrogens with one attached hydrogen (secondary N) is 1. The predicted octanol–water partition coefficient (Wildman–Crippen LogP) is 0.632. The van der Waals surface area contributed by atoms with Crippen molar-refractivity contribution in [3.63, 3.8) is 0 Å². The fourth-order valence-corrected chi connectivity index (χ4v) is 2.66. The average molecular weight is 314 g/mol. The topological polar surface area (TPSA) is 75.7 Å². The molecule has 21 heavy (non-hydrogen) atoms. The number of nitrogens with zero attached hydrogens (tertiary/aromatic N) is 1. The van der Waals surface area contributed by atoms with Gasteiger partial charge in [0.25, 0.3) is 0 Å². The SMILES string of the molecule is CCN(C)CCNS(=O)(=O)c1ccc(CC(=O)OC)cc1. The fourth-order valence-electron chi connectivity index (χ4n) is 1.64. The second kappa shape index (κ2) is 8.11. The average Bonchev–Trinajstić information content (AvgIpc) is 2.47. The Morgan fingerprint density at radius 1 is 1.29 bits per heavy atom. The first kappa shape index (κ1) is 17.6. The van der Waals surface area contributed by atoms with Crippen LogP contribution in [0.4, 0.5) is 0 Å². The van der Waals surface area contributed by atoms with E-state index in [1.165, 1.54) is 19.2 Å². The molecule has 0 aromatic heterocycles. The highest BCUT2D eigenvalue weighted by atomic mass is 32.2.